The molecule has 1 saturated heterocycles. The predicted molar refractivity (Wildman–Crippen MR) is 138 cm³/mol. The highest BCUT2D eigenvalue weighted by Gasteiger charge is 2.61. The van der Waals surface area contributed by atoms with Crippen molar-refractivity contribution in [3.8, 4) is 0 Å². The van der Waals surface area contributed by atoms with Gasteiger partial charge in [0.2, 0.25) is 16.0 Å². The molecule has 0 radical (unpaired) electrons. The lowest BCUT2D eigenvalue weighted by Crippen LogP contribution is -2.41. The Morgan fingerprint density at radius 3 is 2.41 bits per heavy atom. The predicted octanol–water partition coefficient (Wildman–Crippen LogP) is 2.06. The number of amides is 1. The van der Waals surface area contributed by atoms with E-state index in [1.54, 1.807) is 22.6 Å². The maximum atomic E-state index is 14.0. The quantitative estimate of drug-likeness (QED) is 0.379. The van der Waals surface area contributed by atoms with Gasteiger partial charge in [0.05, 0.1) is 10.5 Å². The fourth-order valence-corrected chi connectivity index (χ4v) is 7.18. The lowest BCUT2D eigenvalue weighted by molar-refractivity contribution is 0.0999. The molecule has 2 N–H and O–H groups in total. The molecule has 1 amide bonds. The SMILES string of the molecule is Cc1nccn1CCN(C1C2CN(c3ncc(C(N)=O)cn3)CC21)S(=O)(=O)c1ccc2ccccc2c1. The van der Waals surface area contributed by atoms with Crippen LogP contribution in [0.5, 0.6) is 0 Å². The van der Waals surface area contributed by atoms with E-state index in [1.807, 2.05) is 52.9 Å². The molecule has 11 heteroatoms. The largest absolute Gasteiger partial charge is 0.366 e. The van der Waals surface area contributed by atoms with E-state index >= 15 is 0 Å². The summed E-state index contributed by atoms with van der Waals surface area (Å²) in [7, 11) is -3.74. The van der Waals surface area contributed by atoms with Crippen LogP contribution in [0.15, 0.2) is 72.1 Å². The highest BCUT2D eigenvalue weighted by Crippen LogP contribution is 2.51. The summed E-state index contributed by atoms with van der Waals surface area (Å²) < 4.78 is 31.7. The summed E-state index contributed by atoms with van der Waals surface area (Å²) in [6.07, 6.45) is 6.45. The van der Waals surface area contributed by atoms with Gasteiger partial charge in [-0.3, -0.25) is 4.79 Å². The monoisotopic (exact) mass is 517 g/mol. The minimum absolute atomic E-state index is 0.0959. The van der Waals surface area contributed by atoms with Crippen molar-refractivity contribution in [2.45, 2.75) is 24.4 Å². The van der Waals surface area contributed by atoms with Gasteiger partial charge in [-0.1, -0.05) is 30.3 Å². The number of primary amides is 1. The minimum atomic E-state index is -3.74. The summed E-state index contributed by atoms with van der Waals surface area (Å²) in [4.78, 5) is 26.5. The highest BCUT2D eigenvalue weighted by atomic mass is 32.2. The number of hydrogen-bond acceptors (Lipinski definition) is 7. The van der Waals surface area contributed by atoms with Crippen molar-refractivity contribution < 1.29 is 13.2 Å². The van der Waals surface area contributed by atoms with Crippen molar-refractivity contribution >= 4 is 32.7 Å². The smallest absolute Gasteiger partial charge is 0.251 e. The molecule has 6 rings (SSSR count). The van der Waals surface area contributed by atoms with Gasteiger partial charge in [0.1, 0.15) is 5.82 Å². The Bertz CT molecular complexity index is 1570. The van der Waals surface area contributed by atoms with Crippen LogP contribution in [-0.4, -0.2) is 63.8 Å². The third-order valence-corrected chi connectivity index (χ3v) is 9.39. The third-order valence-electron chi connectivity index (χ3n) is 7.50. The number of nitrogens with two attached hydrogens (primary N) is 1. The molecule has 2 aliphatic rings. The molecular weight excluding hydrogens is 490 g/mol. The van der Waals surface area contributed by atoms with Crippen molar-refractivity contribution in [3.63, 3.8) is 0 Å². The number of sulfonamides is 1. The molecule has 2 aromatic heterocycles. The number of rotatable bonds is 8. The topological polar surface area (TPSA) is 127 Å². The van der Waals surface area contributed by atoms with Crippen LogP contribution >= 0.6 is 0 Å². The van der Waals surface area contributed by atoms with Crippen LogP contribution in [-0.2, 0) is 16.6 Å². The van der Waals surface area contributed by atoms with Crippen molar-refractivity contribution in [2.24, 2.45) is 17.6 Å². The lowest BCUT2D eigenvalue weighted by Gasteiger charge is -2.27. The number of nitrogens with zero attached hydrogens (tertiary/aromatic N) is 6. The number of hydrogen-bond donors (Lipinski definition) is 1. The molecule has 2 atom stereocenters. The molecule has 1 saturated carbocycles. The van der Waals surface area contributed by atoms with Gasteiger partial charge < -0.3 is 15.2 Å². The van der Waals surface area contributed by atoms with Gasteiger partial charge in [-0.15, -0.1) is 0 Å². The van der Waals surface area contributed by atoms with E-state index in [9.17, 15) is 13.2 Å². The zero-order valence-corrected chi connectivity index (χ0v) is 21.1. The maximum absolute atomic E-state index is 14.0. The van der Waals surface area contributed by atoms with E-state index in [2.05, 4.69) is 15.0 Å². The first-order valence-electron chi connectivity index (χ1n) is 12.2. The summed E-state index contributed by atoms with van der Waals surface area (Å²) in [5.41, 5.74) is 5.55. The molecule has 1 aliphatic heterocycles. The molecular formula is C26H27N7O3S. The van der Waals surface area contributed by atoms with Gasteiger partial charge >= 0.3 is 0 Å². The van der Waals surface area contributed by atoms with Crippen molar-refractivity contribution in [1.29, 1.82) is 0 Å². The number of anilines is 1. The summed E-state index contributed by atoms with van der Waals surface area (Å²) in [6.45, 7) is 4.09. The molecule has 37 heavy (non-hydrogen) atoms. The number of carbonyl (C=O) groups is 1. The molecule has 3 heterocycles. The fourth-order valence-electron chi connectivity index (χ4n) is 5.44. The summed E-state index contributed by atoms with van der Waals surface area (Å²) in [5, 5.41) is 1.90. The minimum Gasteiger partial charge on any atom is -0.366 e. The Morgan fingerprint density at radius 2 is 1.76 bits per heavy atom. The van der Waals surface area contributed by atoms with E-state index in [-0.39, 0.29) is 23.4 Å². The number of piperidine rings is 1. The van der Waals surface area contributed by atoms with E-state index in [1.165, 1.54) is 12.4 Å². The Morgan fingerprint density at radius 1 is 1.05 bits per heavy atom. The number of benzene rings is 2. The van der Waals surface area contributed by atoms with Gasteiger partial charge in [0.15, 0.2) is 0 Å². The van der Waals surface area contributed by atoms with Gasteiger partial charge in [-0.25, -0.2) is 23.4 Å². The average molecular weight is 518 g/mol. The first kappa shape index (κ1) is 23.6. The van der Waals surface area contributed by atoms with Crippen LogP contribution in [0.25, 0.3) is 10.8 Å². The van der Waals surface area contributed by atoms with Crippen LogP contribution < -0.4 is 10.6 Å². The molecule has 190 valence electrons. The second-order valence-electron chi connectivity index (χ2n) is 9.65. The van der Waals surface area contributed by atoms with E-state index < -0.39 is 15.9 Å². The summed E-state index contributed by atoms with van der Waals surface area (Å²) in [5.74, 6) is 1.16. The summed E-state index contributed by atoms with van der Waals surface area (Å²) in [6, 6.07) is 13.0. The van der Waals surface area contributed by atoms with Gasteiger partial charge in [-0.05, 0) is 41.7 Å². The normalized spacial score (nSPS) is 20.9. The van der Waals surface area contributed by atoms with E-state index in [0.29, 0.717) is 37.0 Å². The first-order valence-corrected chi connectivity index (χ1v) is 13.6. The van der Waals surface area contributed by atoms with Gasteiger partial charge in [0.25, 0.3) is 5.91 Å². The Balaban J connectivity index is 1.25. The molecule has 2 fully saturated rings. The van der Waals surface area contributed by atoms with Gasteiger partial charge in [-0.2, -0.15) is 4.31 Å². The molecule has 0 spiro atoms. The molecule has 10 nitrogen and oxygen atoms in total. The van der Waals surface area contributed by atoms with Crippen LogP contribution in [0, 0.1) is 18.8 Å². The zero-order valence-electron chi connectivity index (χ0n) is 20.3. The Hall–Kier alpha value is -3.83. The van der Waals surface area contributed by atoms with Crippen LogP contribution in [0.4, 0.5) is 5.95 Å². The lowest BCUT2D eigenvalue weighted by atomic mass is 10.1. The second kappa shape index (κ2) is 8.93. The molecule has 2 aromatic carbocycles. The number of carbonyl (C=O) groups excluding carboxylic acids is 1. The van der Waals surface area contributed by atoms with Crippen molar-refractivity contribution in [2.75, 3.05) is 24.5 Å². The molecule has 2 unspecified atom stereocenters. The third kappa shape index (κ3) is 4.23. The van der Waals surface area contributed by atoms with Crippen LogP contribution in [0.2, 0.25) is 0 Å². The fraction of sp³-hybridized carbons (Fsp3) is 0.308. The Kier molecular flexibility index (Phi) is 5.68. The van der Waals surface area contributed by atoms with Crippen LogP contribution in [0.1, 0.15) is 16.2 Å². The standard InChI is InChI=1S/C26H27N7O3S/c1-17-28-8-9-31(17)10-11-33(37(35,36)21-7-6-18-4-2-3-5-19(18)12-21)24-22-15-32(16-23(22)24)26-29-13-20(14-30-26)25(27)34/h2-9,12-14,22-24H,10-11,15-16H2,1H3,(H2,27,34). The first-order chi connectivity index (χ1) is 17.8. The molecule has 1 aliphatic carbocycles. The molecule has 4 aromatic rings. The second-order valence-corrected chi connectivity index (χ2v) is 11.5. The number of fused-ring (bicyclic) bond motifs is 2. The van der Waals surface area contributed by atoms with Crippen LogP contribution in [0.3, 0.4) is 0 Å². The van der Waals surface area contributed by atoms with E-state index in [4.69, 9.17) is 5.73 Å². The van der Waals surface area contributed by atoms with Crippen molar-refractivity contribution in [1.82, 2.24) is 23.8 Å². The number of imidazole rings is 1. The average Bonchev–Trinajstić information content (AvgIpc) is 3.19. The van der Waals surface area contributed by atoms with Crippen molar-refractivity contribution in [3.05, 3.63) is 78.6 Å². The Labute approximate surface area is 214 Å². The maximum Gasteiger partial charge on any atom is 0.251 e. The summed E-state index contributed by atoms with van der Waals surface area (Å²) >= 11 is 0. The number of aromatic nitrogens is 4. The van der Waals surface area contributed by atoms with E-state index in [0.717, 1.165) is 16.6 Å². The van der Waals surface area contributed by atoms with Gasteiger partial charge in [0, 0.05) is 57.0 Å². The highest BCUT2D eigenvalue weighted by molar-refractivity contribution is 7.89. The number of aryl methyl sites for hydroxylation is 1. The molecule has 0 bridgehead atoms. The zero-order chi connectivity index (χ0) is 25.7.